The van der Waals surface area contributed by atoms with Crippen molar-refractivity contribution in [3.8, 4) is 0 Å². The Hall–Kier alpha value is -1.52. The number of imide groups is 1. The number of benzene rings is 1. The van der Waals surface area contributed by atoms with Gasteiger partial charge in [-0.3, -0.25) is 9.59 Å². The third kappa shape index (κ3) is 2.97. The van der Waals surface area contributed by atoms with Crippen LogP contribution in [0, 0.1) is 0 Å². The van der Waals surface area contributed by atoms with E-state index in [-0.39, 0.29) is 5.54 Å². The first-order valence-electron chi connectivity index (χ1n) is 6.02. The smallest absolute Gasteiger partial charge is 0.258 e. The summed E-state index contributed by atoms with van der Waals surface area (Å²) < 4.78 is 0. The van der Waals surface area contributed by atoms with Crippen LogP contribution in [0.2, 0.25) is 10.0 Å². The molecule has 20 heavy (non-hydrogen) atoms. The van der Waals surface area contributed by atoms with Crippen LogP contribution in [0.4, 0.5) is 11.4 Å². The van der Waals surface area contributed by atoms with Gasteiger partial charge in [0.2, 0.25) is 0 Å². The van der Waals surface area contributed by atoms with E-state index in [1.54, 1.807) is 12.1 Å². The summed E-state index contributed by atoms with van der Waals surface area (Å²) in [5.41, 5.74) is 0.728. The molecule has 0 aliphatic carbocycles. The van der Waals surface area contributed by atoms with E-state index in [0.29, 0.717) is 21.4 Å². The molecule has 4 nitrogen and oxygen atoms in total. The standard InChI is InChI=1S/C14H14Cl2N2O2/c1-14(2,3)17-13-9(15)6-8(7-10(13)16)18-11(19)4-5-12(18)20/h4-7,17H,1-3H3. The summed E-state index contributed by atoms with van der Waals surface area (Å²) in [7, 11) is 0. The van der Waals surface area contributed by atoms with Gasteiger partial charge in [0.05, 0.1) is 21.4 Å². The van der Waals surface area contributed by atoms with Gasteiger partial charge in [0, 0.05) is 17.7 Å². The Balaban J connectivity index is 2.41. The summed E-state index contributed by atoms with van der Waals surface area (Å²) in [6, 6.07) is 3.09. The van der Waals surface area contributed by atoms with Crippen molar-refractivity contribution in [1.29, 1.82) is 0 Å². The first kappa shape index (κ1) is 14.9. The fourth-order valence-electron chi connectivity index (χ4n) is 1.84. The van der Waals surface area contributed by atoms with Gasteiger partial charge in [0.1, 0.15) is 0 Å². The van der Waals surface area contributed by atoms with Crippen LogP contribution < -0.4 is 10.2 Å². The predicted octanol–water partition coefficient (Wildman–Crippen LogP) is 3.63. The largest absolute Gasteiger partial charge is 0.378 e. The number of carbonyl (C=O) groups excluding carboxylic acids is 2. The van der Waals surface area contributed by atoms with Gasteiger partial charge in [-0.15, -0.1) is 0 Å². The van der Waals surface area contributed by atoms with E-state index in [1.807, 2.05) is 20.8 Å². The predicted molar refractivity (Wildman–Crippen MR) is 81.5 cm³/mol. The van der Waals surface area contributed by atoms with Crippen LogP contribution in [-0.4, -0.2) is 17.4 Å². The lowest BCUT2D eigenvalue weighted by Crippen LogP contribution is -2.30. The lowest BCUT2D eigenvalue weighted by molar-refractivity contribution is -0.119. The molecule has 0 aromatic heterocycles. The Morgan fingerprint density at radius 3 is 1.85 bits per heavy atom. The molecule has 6 heteroatoms. The molecule has 1 N–H and O–H groups in total. The molecule has 0 bridgehead atoms. The molecular formula is C14H14Cl2N2O2. The molecule has 1 aromatic rings. The Morgan fingerprint density at radius 1 is 1.00 bits per heavy atom. The van der Waals surface area contributed by atoms with Crippen molar-refractivity contribution in [3.63, 3.8) is 0 Å². The van der Waals surface area contributed by atoms with Crippen LogP contribution in [0.25, 0.3) is 0 Å². The highest BCUT2D eigenvalue weighted by Crippen LogP contribution is 2.37. The first-order valence-corrected chi connectivity index (χ1v) is 6.78. The Kier molecular flexibility index (Phi) is 3.80. The average Bonchev–Trinajstić information content (AvgIpc) is 2.62. The van der Waals surface area contributed by atoms with Crippen molar-refractivity contribution >= 4 is 46.4 Å². The van der Waals surface area contributed by atoms with E-state index in [9.17, 15) is 9.59 Å². The number of nitrogens with one attached hydrogen (secondary N) is 1. The number of nitrogens with zero attached hydrogens (tertiary/aromatic N) is 1. The molecule has 106 valence electrons. The summed E-state index contributed by atoms with van der Waals surface area (Å²) in [5.74, 6) is -0.808. The van der Waals surface area contributed by atoms with Crippen LogP contribution >= 0.6 is 23.2 Å². The number of halogens is 2. The molecule has 2 amide bonds. The van der Waals surface area contributed by atoms with Crippen molar-refractivity contribution in [2.24, 2.45) is 0 Å². The van der Waals surface area contributed by atoms with Crippen molar-refractivity contribution in [1.82, 2.24) is 0 Å². The zero-order valence-electron chi connectivity index (χ0n) is 11.3. The number of carbonyl (C=O) groups is 2. The van der Waals surface area contributed by atoms with Crippen LogP contribution in [-0.2, 0) is 9.59 Å². The minimum atomic E-state index is -0.404. The zero-order valence-corrected chi connectivity index (χ0v) is 12.8. The summed E-state index contributed by atoms with van der Waals surface area (Å²) in [6.45, 7) is 5.93. The van der Waals surface area contributed by atoms with E-state index < -0.39 is 11.8 Å². The molecule has 0 spiro atoms. The molecule has 2 rings (SSSR count). The maximum atomic E-state index is 11.6. The number of amides is 2. The maximum absolute atomic E-state index is 11.6. The zero-order chi connectivity index (χ0) is 15.1. The van der Waals surface area contributed by atoms with Crippen molar-refractivity contribution < 1.29 is 9.59 Å². The molecule has 0 radical (unpaired) electrons. The van der Waals surface area contributed by atoms with E-state index in [2.05, 4.69) is 5.32 Å². The molecule has 0 saturated heterocycles. The fraction of sp³-hybridized carbons (Fsp3) is 0.286. The van der Waals surface area contributed by atoms with Gasteiger partial charge in [0.25, 0.3) is 11.8 Å². The van der Waals surface area contributed by atoms with Gasteiger partial charge in [-0.05, 0) is 32.9 Å². The molecular weight excluding hydrogens is 299 g/mol. The van der Waals surface area contributed by atoms with Crippen molar-refractivity contribution in [2.45, 2.75) is 26.3 Å². The van der Waals surface area contributed by atoms with Gasteiger partial charge in [-0.2, -0.15) is 0 Å². The fourth-order valence-corrected chi connectivity index (χ4v) is 2.41. The highest BCUT2D eigenvalue weighted by molar-refractivity contribution is 6.40. The quantitative estimate of drug-likeness (QED) is 0.848. The molecule has 0 atom stereocenters. The van der Waals surface area contributed by atoms with Gasteiger partial charge in [0.15, 0.2) is 0 Å². The molecule has 1 aliphatic heterocycles. The second kappa shape index (κ2) is 5.11. The molecule has 0 fully saturated rings. The monoisotopic (exact) mass is 312 g/mol. The van der Waals surface area contributed by atoms with Crippen molar-refractivity contribution in [2.75, 3.05) is 10.2 Å². The third-order valence-corrected chi connectivity index (χ3v) is 3.19. The van der Waals surface area contributed by atoms with E-state index in [1.165, 1.54) is 12.2 Å². The highest BCUT2D eigenvalue weighted by Gasteiger charge is 2.27. The first-order chi connectivity index (χ1) is 9.19. The molecule has 0 saturated carbocycles. The number of hydrogen-bond donors (Lipinski definition) is 1. The van der Waals surface area contributed by atoms with Gasteiger partial charge in [-0.1, -0.05) is 23.2 Å². The maximum Gasteiger partial charge on any atom is 0.258 e. The number of rotatable bonds is 2. The molecule has 1 heterocycles. The van der Waals surface area contributed by atoms with E-state index >= 15 is 0 Å². The van der Waals surface area contributed by atoms with Crippen LogP contribution in [0.1, 0.15) is 20.8 Å². The van der Waals surface area contributed by atoms with Gasteiger partial charge in [-0.25, -0.2) is 4.90 Å². The summed E-state index contributed by atoms with van der Waals surface area (Å²) in [5, 5.41) is 3.90. The molecule has 1 aliphatic rings. The Labute approximate surface area is 127 Å². The number of anilines is 2. The van der Waals surface area contributed by atoms with Crippen LogP contribution in [0.3, 0.4) is 0 Å². The number of hydrogen-bond acceptors (Lipinski definition) is 3. The minimum absolute atomic E-state index is 0.213. The van der Waals surface area contributed by atoms with Crippen LogP contribution in [0.5, 0.6) is 0 Å². The normalized spacial score (nSPS) is 15.2. The van der Waals surface area contributed by atoms with Gasteiger partial charge < -0.3 is 5.32 Å². The lowest BCUT2D eigenvalue weighted by Gasteiger charge is -2.25. The second-order valence-corrected chi connectivity index (χ2v) is 6.32. The van der Waals surface area contributed by atoms with E-state index in [4.69, 9.17) is 23.2 Å². The average molecular weight is 313 g/mol. The third-order valence-electron chi connectivity index (χ3n) is 2.59. The minimum Gasteiger partial charge on any atom is -0.378 e. The molecule has 1 aromatic carbocycles. The summed E-state index contributed by atoms with van der Waals surface area (Å²) >= 11 is 12.4. The lowest BCUT2D eigenvalue weighted by atomic mass is 10.1. The van der Waals surface area contributed by atoms with Crippen LogP contribution in [0.15, 0.2) is 24.3 Å². The second-order valence-electron chi connectivity index (χ2n) is 5.50. The SMILES string of the molecule is CC(C)(C)Nc1c(Cl)cc(N2C(=O)C=CC2=O)cc1Cl. The van der Waals surface area contributed by atoms with Gasteiger partial charge >= 0.3 is 0 Å². The summed E-state index contributed by atoms with van der Waals surface area (Å²) in [6.07, 6.45) is 2.43. The van der Waals surface area contributed by atoms with E-state index in [0.717, 1.165) is 4.90 Å². The Bertz CT molecular complexity index is 577. The topological polar surface area (TPSA) is 49.4 Å². The Morgan fingerprint density at radius 2 is 1.45 bits per heavy atom. The van der Waals surface area contributed by atoms with Crippen molar-refractivity contribution in [3.05, 3.63) is 34.3 Å². The summed E-state index contributed by atoms with van der Waals surface area (Å²) in [4.78, 5) is 24.3. The highest BCUT2D eigenvalue weighted by atomic mass is 35.5. The molecule has 0 unspecified atom stereocenters.